The Labute approximate surface area is 117 Å². The zero-order chi connectivity index (χ0) is 14.3. The molecule has 0 aromatic rings. The topological polar surface area (TPSA) is 55.1 Å². The summed E-state index contributed by atoms with van der Waals surface area (Å²) in [5.41, 5.74) is 5.62. The number of hydrogen-bond acceptors (Lipinski definition) is 2. The Morgan fingerprint density at radius 2 is 1.72 bits per heavy atom. The van der Waals surface area contributed by atoms with E-state index >= 15 is 0 Å². The molecule has 1 unspecified atom stereocenters. The van der Waals surface area contributed by atoms with Crippen molar-refractivity contribution in [2.24, 2.45) is 29.4 Å². The monoisotopic (exact) mass is 272 g/mol. The van der Waals surface area contributed by atoms with E-state index in [9.17, 15) is 4.79 Å². The van der Waals surface area contributed by atoms with Gasteiger partial charge >= 0.3 is 0 Å². The average Bonchev–Trinajstić information content (AvgIpc) is 2.24. The van der Waals surface area contributed by atoms with Crippen LogP contribution >= 0.6 is 12.2 Å². The molecule has 0 aromatic carbocycles. The molecule has 4 heteroatoms. The Kier molecular flexibility index (Phi) is 8.16. The predicted octanol–water partition coefficient (Wildman–Crippen LogP) is 2.73. The van der Waals surface area contributed by atoms with Crippen LogP contribution in [0.3, 0.4) is 0 Å². The quantitative estimate of drug-likeness (QED) is 0.668. The summed E-state index contributed by atoms with van der Waals surface area (Å²) in [6.45, 7) is 11.5. The lowest BCUT2D eigenvalue weighted by atomic mass is 9.85. The van der Waals surface area contributed by atoms with Crippen LogP contribution in [0, 0.1) is 23.7 Å². The number of carbonyl (C=O) groups excluding carboxylic acids is 1. The third-order valence-electron chi connectivity index (χ3n) is 3.46. The number of thiocarbonyl (C=S) groups is 1. The summed E-state index contributed by atoms with van der Waals surface area (Å²) in [7, 11) is 0. The molecule has 0 aliphatic rings. The SMILES string of the molecule is CCCC(C(=O)NCC(C(C)C)C(C)C)C(N)=S. The Hall–Kier alpha value is -0.640. The highest BCUT2D eigenvalue weighted by Crippen LogP contribution is 2.19. The summed E-state index contributed by atoms with van der Waals surface area (Å²) in [5, 5.41) is 3.01. The first-order chi connectivity index (χ1) is 8.31. The minimum Gasteiger partial charge on any atom is -0.393 e. The maximum Gasteiger partial charge on any atom is 0.229 e. The fourth-order valence-electron chi connectivity index (χ4n) is 2.27. The molecular weight excluding hydrogens is 244 g/mol. The Balaban J connectivity index is 4.41. The van der Waals surface area contributed by atoms with Crippen molar-refractivity contribution in [1.29, 1.82) is 0 Å². The molecule has 0 heterocycles. The molecule has 0 aromatic heterocycles. The van der Waals surface area contributed by atoms with Crippen molar-refractivity contribution >= 4 is 23.1 Å². The molecule has 0 rings (SSSR count). The molecule has 1 atom stereocenters. The molecule has 0 saturated heterocycles. The van der Waals surface area contributed by atoms with Gasteiger partial charge in [0.25, 0.3) is 0 Å². The van der Waals surface area contributed by atoms with Gasteiger partial charge in [-0.2, -0.15) is 0 Å². The fraction of sp³-hybridized carbons (Fsp3) is 0.857. The lowest BCUT2D eigenvalue weighted by molar-refractivity contribution is -0.123. The molecule has 0 fully saturated rings. The largest absolute Gasteiger partial charge is 0.393 e. The second-order valence-electron chi connectivity index (χ2n) is 5.64. The molecule has 3 nitrogen and oxygen atoms in total. The van der Waals surface area contributed by atoms with Crippen LogP contribution in [0.15, 0.2) is 0 Å². The van der Waals surface area contributed by atoms with Crippen molar-refractivity contribution in [2.45, 2.75) is 47.5 Å². The van der Waals surface area contributed by atoms with E-state index in [1.54, 1.807) is 0 Å². The van der Waals surface area contributed by atoms with Gasteiger partial charge in [-0.25, -0.2) is 0 Å². The van der Waals surface area contributed by atoms with Gasteiger partial charge in [0.2, 0.25) is 5.91 Å². The van der Waals surface area contributed by atoms with Crippen molar-refractivity contribution in [3.63, 3.8) is 0 Å². The van der Waals surface area contributed by atoms with E-state index in [1.165, 1.54) is 0 Å². The van der Waals surface area contributed by atoms with E-state index in [2.05, 4.69) is 33.0 Å². The molecule has 18 heavy (non-hydrogen) atoms. The first-order valence-corrected chi connectivity index (χ1v) is 7.29. The number of carbonyl (C=O) groups is 1. The van der Waals surface area contributed by atoms with Gasteiger partial charge in [0, 0.05) is 6.54 Å². The number of amides is 1. The fourth-order valence-corrected chi connectivity index (χ4v) is 2.50. The van der Waals surface area contributed by atoms with Crippen molar-refractivity contribution in [1.82, 2.24) is 5.32 Å². The molecular formula is C14H28N2OS. The van der Waals surface area contributed by atoms with Crippen LogP contribution in [-0.4, -0.2) is 17.4 Å². The Morgan fingerprint density at radius 1 is 1.22 bits per heavy atom. The lowest BCUT2D eigenvalue weighted by Gasteiger charge is -2.26. The van der Waals surface area contributed by atoms with Gasteiger partial charge in [-0.05, 0) is 24.2 Å². The molecule has 106 valence electrons. The lowest BCUT2D eigenvalue weighted by Crippen LogP contribution is -2.41. The Morgan fingerprint density at radius 3 is 2.06 bits per heavy atom. The maximum absolute atomic E-state index is 12.0. The average molecular weight is 272 g/mol. The summed E-state index contributed by atoms with van der Waals surface area (Å²) in [6, 6.07) is 0. The highest BCUT2D eigenvalue weighted by Gasteiger charge is 2.23. The normalized spacial score (nSPS) is 13.1. The van der Waals surface area contributed by atoms with Crippen molar-refractivity contribution in [3.05, 3.63) is 0 Å². The standard InChI is InChI=1S/C14H28N2OS/c1-6-7-11(13(15)18)14(17)16-8-12(9(2)3)10(4)5/h9-12H,6-8H2,1-5H3,(H2,15,18)(H,16,17). The molecule has 1 amide bonds. The van der Waals surface area contributed by atoms with E-state index in [-0.39, 0.29) is 11.8 Å². The van der Waals surface area contributed by atoms with Gasteiger partial charge in [0.1, 0.15) is 0 Å². The second-order valence-corrected chi connectivity index (χ2v) is 6.11. The predicted molar refractivity (Wildman–Crippen MR) is 81.4 cm³/mol. The number of nitrogens with two attached hydrogens (primary N) is 1. The molecule has 0 saturated carbocycles. The van der Waals surface area contributed by atoms with Crippen molar-refractivity contribution in [2.75, 3.05) is 6.54 Å². The minimum absolute atomic E-state index is 0.0179. The van der Waals surface area contributed by atoms with E-state index in [0.717, 1.165) is 12.8 Å². The van der Waals surface area contributed by atoms with Gasteiger partial charge in [0.05, 0.1) is 10.9 Å². The third kappa shape index (κ3) is 5.80. The van der Waals surface area contributed by atoms with Crippen LogP contribution in [0.1, 0.15) is 47.5 Å². The van der Waals surface area contributed by atoms with Gasteiger partial charge in [-0.15, -0.1) is 0 Å². The van der Waals surface area contributed by atoms with Gasteiger partial charge in [0.15, 0.2) is 0 Å². The molecule has 3 N–H and O–H groups in total. The first-order valence-electron chi connectivity index (χ1n) is 6.88. The van der Waals surface area contributed by atoms with Crippen LogP contribution in [0.25, 0.3) is 0 Å². The third-order valence-corrected chi connectivity index (χ3v) is 3.75. The highest BCUT2D eigenvalue weighted by atomic mass is 32.1. The van der Waals surface area contributed by atoms with Crippen molar-refractivity contribution in [3.8, 4) is 0 Å². The van der Waals surface area contributed by atoms with Crippen LogP contribution in [-0.2, 0) is 4.79 Å². The summed E-state index contributed by atoms with van der Waals surface area (Å²) >= 11 is 4.96. The van der Waals surface area contributed by atoms with E-state index in [0.29, 0.717) is 29.3 Å². The van der Waals surface area contributed by atoms with E-state index < -0.39 is 0 Å². The minimum atomic E-state index is -0.315. The summed E-state index contributed by atoms with van der Waals surface area (Å²) < 4.78 is 0. The van der Waals surface area contributed by atoms with Gasteiger partial charge < -0.3 is 11.1 Å². The second kappa shape index (κ2) is 8.46. The molecule has 0 aliphatic heterocycles. The first kappa shape index (κ1) is 17.4. The van der Waals surface area contributed by atoms with Crippen LogP contribution in [0.2, 0.25) is 0 Å². The van der Waals surface area contributed by atoms with Crippen LogP contribution < -0.4 is 11.1 Å². The zero-order valence-corrected chi connectivity index (χ0v) is 13.1. The van der Waals surface area contributed by atoms with Gasteiger partial charge in [-0.1, -0.05) is 53.3 Å². The number of nitrogens with one attached hydrogen (secondary N) is 1. The number of hydrogen-bond donors (Lipinski definition) is 2. The molecule has 0 aliphatic carbocycles. The van der Waals surface area contributed by atoms with Gasteiger partial charge in [-0.3, -0.25) is 4.79 Å². The smallest absolute Gasteiger partial charge is 0.229 e. The van der Waals surface area contributed by atoms with E-state index in [1.807, 2.05) is 6.92 Å². The maximum atomic E-state index is 12.0. The highest BCUT2D eigenvalue weighted by molar-refractivity contribution is 7.80. The summed E-state index contributed by atoms with van der Waals surface area (Å²) in [4.78, 5) is 12.4. The zero-order valence-electron chi connectivity index (χ0n) is 12.3. The van der Waals surface area contributed by atoms with E-state index in [4.69, 9.17) is 18.0 Å². The number of rotatable bonds is 8. The summed E-state index contributed by atoms with van der Waals surface area (Å²) in [5.74, 6) is 1.27. The summed E-state index contributed by atoms with van der Waals surface area (Å²) in [6.07, 6.45) is 1.64. The van der Waals surface area contributed by atoms with Crippen molar-refractivity contribution < 1.29 is 4.79 Å². The van der Waals surface area contributed by atoms with Crippen LogP contribution in [0.5, 0.6) is 0 Å². The molecule has 0 bridgehead atoms. The Bertz CT molecular complexity index is 269. The molecule has 0 radical (unpaired) electrons. The molecule has 0 spiro atoms. The van der Waals surface area contributed by atoms with Crippen LogP contribution in [0.4, 0.5) is 0 Å².